The van der Waals surface area contributed by atoms with Crippen molar-refractivity contribution < 1.29 is 4.74 Å². The standard InChI is InChI=1S/C21H33N5O.HI/c1-16(2)10-12-27-13-11-23-21(22-5)24-15-19-8-6-7-9-20(19)26-18(4)14-17(3)25-26;/h6-9,14,16H,10-13,15H2,1-5H3,(H2,22,23,24);1H. The number of benzene rings is 1. The second kappa shape index (κ2) is 12.8. The van der Waals surface area contributed by atoms with Crippen LogP contribution in [-0.2, 0) is 11.3 Å². The van der Waals surface area contributed by atoms with Crippen molar-refractivity contribution >= 4 is 29.9 Å². The average Bonchev–Trinajstić information content (AvgIpc) is 2.98. The SMILES string of the molecule is CN=C(NCCOCCC(C)C)NCc1ccccc1-n1nc(C)cc1C.I. The van der Waals surface area contributed by atoms with Crippen molar-refractivity contribution in [1.82, 2.24) is 20.4 Å². The molecule has 2 aromatic rings. The van der Waals surface area contributed by atoms with Crippen LogP contribution in [0.15, 0.2) is 35.3 Å². The fraction of sp³-hybridized carbons (Fsp3) is 0.524. The van der Waals surface area contributed by atoms with Gasteiger partial charge in [-0.1, -0.05) is 32.0 Å². The lowest BCUT2D eigenvalue weighted by Crippen LogP contribution is -2.38. The molecule has 0 aliphatic heterocycles. The lowest BCUT2D eigenvalue weighted by Gasteiger charge is -2.15. The normalized spacial score (nSPS) is 11.4. The predicted octanol–water partition coefficient (Wildman–Crippen LogP) is 3.83. The molecule has 6 nitrogen and oxygen atoms in total. The molecule has 0 fully saturated rings. The highest BCUT2D eigenvalue weighted by Crippen LogP contribution is 2.16. The molecule has 28 heavy (non-hydrogen) atoms. The Bertz CT molecular complexity index is 742. The second-order valence-electron chi connectivity index (χ2n) is 7.12. The van der Waals surface area contributed by atoms with Gasteiger partial charge in [-0.3, -0.25) is 4.99 Å². The summed E-state index contributed by atoms with van der Waals surface area (Å²) in [6.07, 6.45) is 1.09. The van der Waals surface area contributed by atoms with E-state index in [9.17, 15) is 0 Å². The summed E-state index contributed by atoms with van der Waals surface area (Å²) in [5.74, 6) is 1.44. The molecule has 1 heterocycles. The zero-order valence-corrected chi connectivity index (χ0v) is 20.0. The van der Waals surface area contributed by atoms with Gasteiger partial charge < -0.3 is 15.4 Å². The summed E-state index contributed by atoms with van der Waals surface area (Å²) in [5.41, 5.74) is 4.40. The molecule has 0 amide bonds. The second-order valence-corrected chi connectivity index (χ2v) is 7.12. The fourth-order valence-electron chi connectivity index (χ4n) is 2.80. The van der Waals surface area contributed by atoms with Crippen LogP contribution in [0.1, 0.15) is 37.2 Å². The molecular weight excluding hydrogens is 465 g/mol. The number of aryl methyl sites for hydroxylation is 2. The van der Waals surface area contributed by atoms with E-state index in [-0.39, 0.29) is 24.0 Å². The number of guanidine groups is 1. The molecule has 1 aromatic heterocycles. The van der Waals surface area contributed by atoms with Gasteiger partial charge >= 0.3 is 0 Å². The minimum atomic E-state index is 0. The first-order valence-corrected chi connectivity index (χ1v) is 9.65. The third-order valence-electron chi connectivity index (χ3n) is 4.28. The minimum Gasteiger partial charge on any atom is -0.380 e. The number of halogens is 1. The lowest BCUT2D eigenvalue weighted by atomic mass is 10.1. The van der Waals surface area contributed by atoms with E-state index in [0.717, 1.165) is 42.6 Å². The third kappa shape index (κ3) is 7.79. The Morgan fingerprint density at radius 3 is 2.57 bits per heavy atom. The molecule has 0 aliphatic carbocycles. The number of aromatic nitrogens is 2. The lowest BCUT2D eigenvalue weighted by molar-refractivity contribution is 0.128. The number of nitrogens with zero attached hydrogens (tertiary/aromatic N) is 3. The number of rotatable bonds is 9. The van der Waals surface area contributed by atoms with E-state index < -0.39 is 0 Å². The van der Waals surface area contributed by atoms with Gasteiger partial charge in [0.15, 0.2) is 5.96 Å². The molecule has 1 aromatic carbocycles. The van der Waals surface area contributed by atoms with Crippen LogP contribution < -0.4 is 10.6 Å². The van der Waals surface area contributed by atoms with E-state index in [4.69, 9.17) is 4.74 Å². The van der Waals surface area contributed by atoms with Gasteiger partial charge in [-0.25, -0.2) is 4.68 Å². The maximum Gasteiger partial charge on any atom is 0.191 e. The number of hydrogen-bond donors (Lipinski definition) is 2. The summed E-state index contributed by atoms with van der Waals surface area (Å²) >= 11 is 0. The first kappa shape index (κ1) is 24.4. The maximum absolute atomic E-state index is 5.64. The Balaban J connectivity index is 0.00000392. The summed E-state index contributed by atoms with van der Waals surface area (Å²) in [4.78, 5) is 4.29. The topological polar surface area (TPSA) is 63.5 Å². The van der Waals surface area contributed by atoms with Crippen LogP contribution in [-0.4, -0.2) is 42.5 Å². The quantitative estimate of drug-likeness (QED) is 0.238. The van der Waals surface area contributed by atoms with Crippen molar-refractivity contribution in [1.29, 1.82) is 0 Å². The maximum atomic E-state index is 5.64. The van der Waals surface area contributed by atoms with Crippen LogP contribution in [0.3, 0.4) is 0 Å². The number of para-hydroxylation sites is 1. The number of ether oxygens (including phenoxy) is 1. The van der Waals surface area contributed by atoms with Crippen LogP contribution in [0.5, 0.6) is 0 Å². The van der Waals surface area contributed by atoms with Gasteiger partial charge in [-0.15, -0.1) is 24.0 Å². The monoisotopic (exact) mass is 499 g/mol. The Morgan fingerprint density at radius 2 is 1.93 bits per heavy atom. The highest BCUT2D eigenvalue weighted by molar-refractivity contribution is 14.0. The summed E-state index contributed by atoms with van der Waals surface area (Å²) in [6.45, 7) is 11.4. The van der Waals surface area contributed by atoms with E-state index in [1.165, 1.54) is 5.56 Å². The Morgan fingerprint density at radius 1 is 1.18 bits per heavy atom. The summed E-state index contributed by atoms with van der Waals surface area (Å²) in [5, 5.41) is 11.3. The third-order valence-corrected chi connectivity index (χ3v) is 4.28. The van der Waals surface area contributed by atoms with Crippen LogP contribution in [0, 0.1) is 19.8 Å². The number of hydrogen-bond acceptors (Lipinski definition) is 3. The molecule has 0 atom stereocenters. The molecule has 2 rings (SSSR count). The molecule has 0 spiro atoms. The van der Waals surface area contributed by atoms with Gasteiger partial charge in [-0.05, 0) is 43.9 Å². The summed E-state index contributed by atoms with van der Waals surface area (Å²) in [6, 6.07) is 10.4. The van der Waals surface area contributed by atoms with Gasteiger partial charge in [0.05, 0.1) is 18.0 Å². The molecule has 0 radical (unpaired) electrons. The Hall–Kier alpha value is -1.61. The molecule has 0 saturated heterocycles. The summed E-state index contributed by atoms with van der Waals surface area (Å²) in [7, 11) is 1.78. The fourth-order valence-corrected chi connectivity index (χ4v) is 2.80. The van der Waals surface area contributed by atoms with Crippen molar-refractivity contribution in [2.75, 3.05) is 26.8 Å². The van der Waals surface area contributed by atoms with Crippen molar-refractivity contribution in [2.45, 2.75) is 40.7 Å². The van der Waals surface area contributed by atoms with E-state index in [1.54, 1.807) is 7.05 Å². The number of nitrogens with one attached hydrogen (secondary N) is 2. The van der Waals surface area contributed by atoms with Crippen LogP contribution >= 0.6 is 24.0 Å². The van der Waals surface area contributed by atoms with Crippen molar-refractivity contribution in [3.63, 3.8) is 0 Å². The molecule has 156 valence electrons. The molecule has 0 aliphatic rings. The van der Waals surface area contributed by atoms with Crippen molar-refractivity contribution in [3.05, 3.63) is 47.3 Å². The van der Waals surface area contributed by atoms with Crippen LogP contribution in [0.2, 0.25) is 0 Å². The molecule has 7 heteroatoms. The molecule has 0 unspecified atom stereocenters. The van der Waals surface area contributed by atoms with Gasteiger partial charge in [0, 0.05) is 32.4 Å². The van der Waals surface area contributed by atoms with Gasteiger partial charge in [0.1, 0.15) is 0 Å². The van der Waals surface area contributed by atoms with E-state index in [0.29, 0.717) is 19.1 Å². The predicted molar refractivity (Wildman–Crippen MR) is 127 cm³/mol. The van der Waals surface area contributed by atoms with E-state index in [2.05, 4.69) is 59.7 Å². The van der Waals surface area contributed by atoms with E-state index >= 15 is 0 Å². The Labute approximate surface area is 186 Å². The average molecular weight is 499 g/mol. The first-order valence-electron chi connectivity index (χ1n) is 9.65. The Kier molecular flexibility index (Phi) is 11.1. The minimum absolute atomic E-state index is 0. The summed E-state index contributed by atoms with van der Waals surface area (Å²) < 4.78 is 7.63. The van der Waals surface area contributed by atoms with Crippen molar-refractivity contribution in [2.24, 2.45) is 10.9 Å². The van der Waals surface area contributed by atoms with Crippen LogP contribution in [0.25, 0.3) is 5.69 Å². The van der Waals surface area contributed by atoms with Crippen LogP contribution in [0.4, 0.5) is 0 Å². The molecule has 2 N–H and O–H groups in total. The zero-order chi connectivity index (χ0) is 19.6. The molecule has 0 saturated carbocycles. The molecular formula is C21H34IN5O. The van der Waals surface area contributed by atoms with Gasteiger partial charge in [-0.2, -0.15) is 5.10 Å². The highest BCUT2D eigenvalue weighted by atomic mass is 127. The van der Waals surface area contributed by atoms with Crippen molar-refractivity contribution in [3.8, 4) is 5.69 Å². The van der Waals surface area contributed by atoms with Gasteiger partial charge in [0.25, 0.3) is 0 Å². The number of aliphatic imine (C=N–C) groups is 1. The van der Waals surface area contributed by atoms with Gasteiger partial charge in [0.2, 0.25) is 0 Å². The molecule has 0 bridgehead atoms. The zero-order valence-electron chi connectivity index (χ0n) is 17.7. The smallest absolute Gasteiger partial charge is 0.191 e. The first-order chi connectivity index (χ1) is 13.0. The van der Waals surface area contributed by atoms with E-state index in [1.807, 2.05) is 23.7 Å². The largest absolute Gasteiger partial charge is 0.380 e. The highest BCUT2D eigenvalue weighted by Gasteiger charge is 2.09.